The van der Waals surface area contributed by atoms with Crippen molar-refractivity contribution in [2.45, 2.75) is 13.1 Å². The van der Waals surface area contributed by atoms with Crippen LogP contribution < -0.4 is 5.32 Å². The minimum absolute atomic E-state index is 0.343. The second-order valence-electron chi connectivity index (χ2n) is 6.33. The number of fused-ring (bicyclic) bond motifs is 1. The van der Waals surface area contributed by atoms with Gasteiger partial charge in [-0.05, 0) is 43.3 Å². The van der Waals surface area contributed by atoms with Crippen molar-refractivity contribution in [1.29, 1.82) is 0 Å². The Morgan fingerprint density at radius 2 is 1.79 bits per heavy atom. The number of hydrogen-bond acceptors (Lipinski definition) is 4. The Morgan fingerprint density at radius 1 is 1.00 bits per heavy atom. The lowest BCUT2D eigenvalue weighted by molar-refractivity contribution is -0.137. The standard InChI is InChI=1S/C20H14F3N5O/c1-12-9-10-18(27-26-12)28-17-8-4-7-16(14(17)11-24-28)25-19(29)13-5-2-3-6-15(13)20(21,22)23/h2-11H,1H3,(H,25,29). The molecule has 0 aliphatic heterocycles. The second-order valence-corrected chi connectivity index (χ2v) is 6.33. The maximum atomic E-state index is 13.2. The molecule has 1 amide bonds. The Labute approximate surface area is 163 Å². The quantitative estimate of drug-likeness (QED) is 0.556. The van der Waals surface area contributed by atoms with Crippen molar-refractivity contribution in [2.75, 3.05) is 5.32 Å². The van der Waals surface area contributed by atoms with Gasteiger partial charge in [-0.3, -0.25) is 4.79 Å². The predicted molar refractivity (Wildman–Crippen MR) is 101 cm³/mol. The van der Waals surface area contributed by atoms with E-state index >= 15 is 0 Å². The average molecular weight is 397 g/mol. The molecule has 0 saturated carbocycles. The number of nitrogens with one attached hydrogen (secondary N) is 1. The van der Waals surface area contributed by atoms with Crippen LogP contribution in [0.5, 0.6) is 0 Å². The molecule has 2 aromatic carbocycles. The third-order valence-corrected chi connectivity index (χ3v) is 4.34. The number of alkyl halides is 3. The fourth-order valence-electron chi connectivity index (χ4n) is 2.97. The molecule has 0 unspecified atom stereocenters. The lowest BCUT2D eigenvalue weighted by atomic mass is 10.1. The first-order valence-corrected chi connectivity index (χ1v) is 8.59. The van der Waals surface area contributed by atoms with E-state index < -0.39 is 23.2 Å². The van der Waals surface area contributed by atoms with Crippen LogP contribution in [0, 0.1) is 6.92 Å². The zero-order valence-electron chi connectivity index (χ0n) is 15.1. The van der Waals surface area contributed by atoms with Gasteiger partial charge in [0.2, 0.25) is 0 Å². The monoisotopic (exact) mass is 397 g/mol. The van der Waals surface area contributed by atoms with Gasteiger partial charge in [-0.1, -0.05) is 18.2 Å². The number of nitrogens with zero attached hydrogens (tertiary/aromatic N) is 4. The summed E-state index contributed by atoms with van der Waals surface area (Å²) in [4.78, 5) is 12.6. The van der Waals surface area contributed by atoms with Crippen molar-refractivity contribution < 1.29 is 18.0 Å². The van der Waals surface area contributed by atoms with Gasteiger partial charge in [-0.2, -0.15) is 23.4 Å². The summed E-state index contributed by atoms with van der Waals surface area (Å²) in [5.74, 6) is -0.371. The number of amides is 1. The SMILES string of the molecule is Cc1ccc(-n2ncc3c(NC(=O)c4ccccc4C(F)(F)F)cccc32)nn1. The number of aryl methyl sites for hydroxylation is 1. The smallest absolute Gasteiger partial charge is 0.321 e. The summed E-state index contributed by atoms with van der Waals surface area (Å²) in [6.07, 6.45) is -3.11. The van der Waals surface area contributed by atoms with Crippen LogP contribution >= 0.6 is 0 Å². The van der Waals surface area contributed by atoms with Crippen LogP contribution in [0.2, 0.25) is 0 Å². The Balaban J connectivity index is 1.71. The molecule has 4 rings (SSSR count). The van der Waals surface area contributed by atoms with Crippen molar-refractivity contribution in [3.8, 4) is 5.82 Å². The normalized spacial score (nSPS) is 11.6. The van der Waals surface area contributed by atoms with E-state index in [1.807, 2.05) is 6.92 Å². The van der Waals surface area contributed by atoms with Crippen molar-refractivity contribution in [3.05, 3.63) is 77.6 Å². The highest BCUT2D eigenvalue weighted by Gasteiger charge is 2.34. The number of anilines is 1. The van der Waals surface area contributed by atoms with Crippen LogP contribution in [0.25, 0.3) is 16.7 Å². The van der Waals surface area contributed by atoms with Crippen LogP contribution in [0.1, 0.15) is 21.6 Å². The first-order chi connectivity index (χ1) is 13.8. The summed E-state index contributed by atoms with van der Waals surface area (Å²) < 4.78 is 41.2. The van der Waals surface area contributed by atoms with Gasteiger partial charge in [0.15, 0.2) is 5.82 Å². The number of carbonyl (C=O) groups is 1. The average Bonchev–Trinajstić information content (AvgIpc) is 3.13. The molecule has 2 heterocycles. The summed E-state index contributed by atoms with van der Waals surface area (Å²) >= 11 is 0. The predicted octanol–water partition coefficient (Wildman–Crippen LogP) is 4.40. The number of halogens is 3. The van der Waals surface area contributed by atoms with E-state index in [9.17, 15) is 18.0 Å². The zero-order chi connectivity index (χ0) is 20.6. The van der Waals surface area contributed by atoms with Crippen LogP contribution in [0.15, 0.2) is 60.8 Å². The molecule has 0 atom stereocenters. The lowest BCUT2D eigenvalue weighted by Gasteiger charge is -2.13. The van der Waals surface area contributed by atoms with Crippen LogP contribution in [0.4, 0.5) is 18.9 Å². The van der Waals surface area contributed by atoms with Gasteiger partial charge in [0.25, 0.3) is 5.91 Å². The van der Waals surface area contributed by atoms with E-state index in [0.29, 0.717) is 22.4 Å². The van der Waals surface area contributed by atoms with Gasteiger partial charge in [-0.25, -0.2) is 4.68 Å². The summed E-state index contributed by atoms with van der Waals surface area (Å²) in [6.45, 7) is 1.81. The molecule has 0 radical (unpaired) electrons. The number of rotatable bonds is 3. The first-order valence-electron chi connectivity index (χ1n) is 8.59. The summed E-state index contributed by atoms with van der Waals surface area (Å²) in [6, 6.07) is 13.2. The molecule has 9 heteroatoms. The second kappa shape index (κ2) is 7.01. The summed E-state index contributed by atoms with van der Waals surface area (Å²) in [5, 5.41) is 15.5. The Hall–Kier alpha value is -3.75. The van der Waals surface area contributed by atoms with Crippen molar-refractivity contribution >= 4 is 22.5 Å². The van der Waals surface area contributed by atoms with Crippen molar-refractivity contribution in [3.63, 3.8) is 0 Å². The van der Waals surface area contributed by atoms with Crippen molar-refractivity contribution in [1.82, 2.24) is 20.0 Å². The van der Waals surface area contributed by atoms with E-state index in [4.69, 9.17) is 0 Å². The molecule has 6 nitrogen and oxygen atoms in total. The highest BCUT2D eigenvalue weighted by Crippen LogP contribution is 2.32. The molecule has 29 heavy (non-hydrogen) atoms. The molecule has 0 saturated heterocycles. The highest BCUT2D eigenvalue weighted by molar-refractivity contribution is 6.09. The zero-order valence-corrected chi connectivity index (χ0v) is 15.1. The minimum Gasteiger partial charge on any atom is -0.321 e. The minimum atomic E-state index is -4.63. The van der Waals surface area contributed by atoms with E-state index in [2.05, 4.69) is 20.6 Å². The van der Waals surface area contributed by atoms with Gasteiger partial charge >= 0.3 is 6.18 Å². The van der Waals surface area contributed by atoms with E-state index in [-0.39, 0.29) is 0 Å². The third-order valence-electron chi connectivity index (χ3n) is 4.34. The molecule has 0 bridgehead atoms. The van der Waals surface area contributed by atoms with Crippen LogP contribution in [0.3, 0.4) is 0 Å². The van der Waals surface area contributed by atoms with Crippen LogP contribution in [-0.4, -0.2) is 25.9 Å². The third kappa shape index (κ3) is 3.54. The number of benzene rings is 2. The Morgan fingerprint density at radius 3 is 2.52 bits per heavy atom. The number of hydrogen-bond donors (Lipinski definition) is 1. The topological polar surface area (TPSA) is 72.7 Å². The van der Waals surface area contributed by atoms with Gasteiger partial charge in [-0.15, -0.1) is 5.10 Å². The van der Waals surface area contributed by atoms with Gasteiger partial charge in [0.1, 0.15) is 0 Å². The van der Waals surface area contributed by atoms with E-state index in [1.165, 1.54) is 18.3 Å². The number of carbonyl (C=O) groups excluding carboxylic acids is 1. The van der Waals surface area contributed by atoms with E-state index in [1.54, 1.807) is 35.0 Å². The molecule has 0 fully saturated rings. The molecule has 146 valence electrons. The van der Waals surface area contributed by atoms with Gasteiger partial charge in [0.05, 0.1) is 34.2 Å². The molecule has 0 spiro atoms. The fourth-order valence-corrected chi connectivity index (χ4v) is 2.97. The largest absolute Gasteiger partial charge is 0.417 e. The van der Waals surface area contributed by atoms with E-state index in [0.717, 1.165) is 17.8 Å². The first kappa shape index (κ1) is 18.6. The summed E-state index contributed by atoms with van der Waals surface area (Å²) in [5.41, 5.74) is 0.284. The molecular formula is C20H14F3N5O. The Kier molecular flexibility index (Phi) is 4.50. The van der Waals surface area contributed by atoms with Crippen LogP contribution in [-0.2, 0) is 6.18 Å². The molecule has 4 aromatic rings. The molecule has 0 aliphatic rings. The number of aromatic nitrogens is 4. The summed E-state index contributed by atoms with van der Waals surface area (Å²) in [7, 11) is 0. The maximum Gasteiger partial charge on any atom is 0.417 e. The molecular weight excluding hydrogens is 383 g/mol. The van der Waals surface area contributed by atoms with Gasteiger partial charge in [0, 0.05) is 5.39 Å². The molecule has 0 aliphatic carbocycles. The Bertz CT molecular complexity index is 1200. The fraction of sp³-hybridized carbons (Fsp3) is 0.100. The highest BCUT2D eigenvalue weighted by atomic mass is 19.4. The van der Waals surface area contributed by atoms with Gasteiger partial charge < -0.3 is 5.32 Å². The molecule has 1 N–H and O–H groups in total. The van der Waals surface area contributed by atoms with Crippen molar-refractivity contribution in [2.24, 2.45) is 0 Å². The molecule has 2 aromatic heterocycles. The maximum absolute atomic E-state index is 13.2. The lowest BCUT2D eigenvalue weighted by Crippen LogP contribution is -2.18.